The molecule has 0 fully saturated rings. The molecule has 0 aliphatic carbocycles. The Morgan fingerprint density at radius 1 is 0.382 bits per heavy atom. The Kier molecular flexibility index (Phi) is 9.46. The lowest BCUT2D eigenvalue weighted by Crippen LogP contribution is -2.16. The smallest absolute Gasteiger partial charge is 0.164 e. The molecular weight excluding hydrogens is 831 g/mol. The van der Waals surface area contributed by atoms with E-state index in [0.717, 1.165) is 73.1 Å². The summed E-state index contributed by atoms with van der Waals surface area (Å²) in [5.74, 6) is 3.51. The van der Waals surface area contributed by atoms with Gasteiger partial charge >= 0.3 is 0 Å². The molecule has 0 amide bonds. The van der Waals surface area contributed by atoms with Crippen molar-refractivity contribution >= 4 is 49.6 Å². The molecular formula is C62H41N5O. The van der Waals surface area contributed by atoms with E-state index in [1.165, 1.54) is 32.7 Å². The van der Waals surface area contributed by atoms with Crippen LogP contribution in [0.3, 0.4) is 0 Å². The van der Waals surface area contributed by atoms with Gasteiger partial charge in [-0.3, -0.25) is 0 Å². The zero-order chi connectivity index (χ0) is 45.0. The monoisotopic (exact) mass is 871 g/mol. The number of hydrogen-bond donors (Lipinski definition) is 0. The van der Waals surface area contributed by atoms with Gasteiger partial charge in [0.15, 0.2) is 29.0 Å². The Labute approximate surface area is 393 Å². The molecule has 0 bridgehead atoms. The molecule has 2 aromatic heterocycles. The average Bonchev–Trinajstić information content (AvgIpc) is 3.77. The highest BCUT2D eigenvalue weighted by molar-refractivity contribution is 6.22. The first kappa shape index (κ1) is 39.3. The maximum atomic E-state index is 6.54. The normalized spacial score (nSPS) is 12.0. The molecule has 0 N–H and O–H groups in total. The van der Waals surface area contributed by atoms with E-state index in [1.54, 1.807) is 0 Å². The lowest BCUT2D eigenvalue weighted by molar-refractivity contribution is 0.477. The van der Waals surface area contributed by atoms with Crippen LogP contribution in [-0.2, 0) is 6.42 Å². The Bertz CT molecular complexity index is 3850. The van der Waals surface area contributed by atoms with E-state index in [0.29, 0.717) is 23.9 Å². The Morgan fingerprint density at radius 2 is 0.956 bits per heavy atom. The molecule has 0 saturated heterocycles. The van der Waals surface area contributed by atoms with Crippen LogP contribution in [0.1, 0.15) is 11.1 Å². The second kappa shape index (κ2) is 16.4. The molecule has 0 saturated carbocycles. The Morgan fingerprint density at radius 3 is 1.75 bits per heavy atom. The van der Waals surface area contributed by atoms with Crippen molar-refractivity contribution in [2.45, 2.75) is 6.42 Å². The summed E-state index contributed by atoms with van der Waals surface area (Å²) in [5, 5.41) is 4.85. The second-order valence-corrected chi connectivity index (χ2v) is 17.2. The van der Waals surface area contributed by atoms with Crippen molar-refractivity contribution in [3.8, 4) is 62.5 Å². The van der Waals surface area contributed by atoms with Crippen LogP contribution in [0.4, 0.5) is 17.1 Å². The van der Waals surface area contributed by atoms with E-state index in [1.807, 2.05) is 36.4 Å². The van der Waals surface area contributed by atoms with E-state index in [9.17, 15) is 0 Å². The second-order valence-electron chi connectivity index (χ2n) is 17.2. The highest BCUT2D eigenvalue weighted by Crippen LogP contribution is 2.51. The summed E-state index contributed by atoms with van der Waals surface area (Å²) in [6.07, 6.45) is 0.698. The van der Waals surface area contributed by atoms with Crippen molar-refractivity contribution < 1.29 is 4.74 Å². The van der Waals surface area contributed by atoms with Crippen molar-refractivity contribution in [1.82, 2.24) is 19.5 Å². The van der Waals surface area contributed by atoms with E-state index >= 15 is 0 Å². The van der Waals surface area contributed by atoms with E-state index in [2.05, 4.69) is 210 Å². The lowest BCUT2D eigenvalue weighted by Gasteiger charge is -2.33. The zero-order valence-corrected chi connectivity index (χ0v) is 36.9. The Balaban J connectivity index is 0.963. The highest BCUT2D eigenvalue weighted by Gasteiger charge is 2.27. The third-order valence-electron chi connectivity index (χ3n) is 13.0. The van der Waals surface area contributed by atoms with Gasteiger partial charge in [-0.1, -0.05) is 182 Å². The molecule has 68 heavy (non-hydrogen) atoms. The summed E-state index contributed by atoms with van der Waals surface area (Å²) >= 11 is 0. The first-order valence-corrected chi connectivity index (χ1v) is 23.0. The number of benzene rings is 10. The quantitative estimate of drug-likeness (QED) is 0.152. The number of aromatic nitrogens is 4. The van der Waals surface area contributed by atoms with Crippen LogP contribution in [0.25, 0.3) is 83.6 Å². The van der Waals surface area contributed by atoms with Crippen LogP contribution in [0.5, 0.6) is 11.5 Å². The minimum Gasteiger partial charge on any atom is -0.453 e. The molecule has 6 heteroatoms. The van der Waals surface area contributed by atoms with Gasteiger partial charge in [-0.25, -0.2) is 15.0 Å². The first-order chi connectivity index (χ1) is 33.7. The number of fused-ring (bicyclic) bond motifs is 7. The highest BCUT2D eigenvalue weighted by atomic mass is 16.5. The topological polar surface area (TPSA) is 56.1 Å². The fraction of sp³-hybridized carbons (Fsp3) is 0.0161. The molecule has 0 spiro atoms. The molecule has 12 aromatic rings. The molecule has 13 rings (SSSR count). The van der Waals surface area contributed by atoms with E-state index in [-0.39, 0.29) is 0 Å². The van der Waals surface area contributed by atoms with Gasteiger partial charge in [0.1, 0.15) is 0 Å². The summed E-state index contributed by atoms with van der Waals surface area (Å²) in [7, 11) is 0. The summed E-state index contributed by atoms with van der Waals surface area (Å²) in [6.45, 7) is 0. The standard InChI is InChI=1S/C62H41N5O/c1-4-16-42(17-5-1)43-31-33-46(34-32-43)61-63-60(45-19-6-2-7-20-45)64-62(65-61)48-22-14-25-50(40-48)67-54-36-35-44-18-10-11-26-51(44)58(54)52-27-15-21-47(59(52)67)38-41-30-37-57-55(39-41)66(49-23-8-3-9-24-49)53-28-12-13-29-56(53)68-57/h1-37,39-40H,38H2. The van der Waals surface area contributed by atoms with Gasteiger partial charge in [-0.15, -0.1) is 0 Å². The van der Waals surface area contributed by atoms with Gasteiger partial charge in [0, 0.05) is 38.8 Å². The van der Waals surface area contributed by atoms with Gasteiger partial charge in [0.25, 0.3) is 0 Å². The molecule has 3 heterocycles. The minimum atomic E-state index is 0.607. The molecule has 0 unspecified atom stereocenters. The summed E-state index contributed by atoms with van der Waals surface area (Å²) in [4.78, 5) is 17.7. The molecule has 0 atom stereocenters. The first-order valence-electron chi connectivity index (χ1n) is 23.0. The molecule has 6 nitrogen and oxygen atoms in total. The zero-order valence-electron chi connectivity index (χ0n) is 36.9. The van der Waals surface area contributed by atoms with Crippen molar-refractivity contribution in [2.24, 2.45) is 0 Å². The predicted octanol–water partition coefficient (Wildman–Crippen LogP) is 16.0. The van der Waals surface area contributed by atoms with Crippen LogP contribution in [0.2, 0.25) is 0 Å². The number of ether oxygens (including phenoxy) is 1. The maximum absolute atomic E-state index is 6.54. The largest absolute Gasteiger partial charge is 0.453 e. The maximum Gasteiger partial charge on any atom is 0.164 e. The number of hydrogen-bond acceptors (Lipinski definition) is 5. The van der Waals surface area contributed by atoms with Gasteiger partial charge in [-0.2, -0.15) is 0 Å². The third-order valence-corrected chi connectivity index (χ3v) is 13.0. The molecule has 1 aliphatic heterocycles. The van der Waals surface area contributed by atoms with Crippen molar-refractivity contribution in [1.29, 1.82) is 0 Å². The van der Waals surface area contributed by atoms with Crippen LogP contribution < -0.4 is 9.64 Å². The molecule has 320 valence electrons. The van der Waals surface area contributed by atoms with Gasteiger partial charge < -0.3 is 14.2 Å². The van der Waals surface area contributed by atoms with Gasteiger partial charge in [-0.05, 0) is 94.0 Å². The van der Waals surface area contributed by atoms with Crippen molar-refractivity contribution in [3.05, 3.63) is 248 Å². The van der Waals surface area contributed by atoms with E-state index < -0.39 is 0 Å². The van der Waals surface area contributed by atoms with Gasteiger partial charge in [0.05, 0.1) is 22.4 Å². The third kappa shape index (κ3) is 6.86. The fourth-order valence-electron chi connectivity index (χ4n) is 9.88. The van der Waals surface area contributed by atoms with E-state index in [4.69, 9.17) is 19.7 Å². The lowest BCUT2D eigenvalue weighted by atomic mass is 9.99. The minimum absolute atomic E-state index is 0.607. The number of anilines is 3. The number of nitrogens with zero attached hydrogens (tertiary/aromatic N) is 5. The predicted molar refractivity (Wildman–Crippen MR) is 277 cm³/mol. The van der Waals surface area contributed by atoms with Crippen LogP contribution >= 0.6 is 0 Å². The van der Waals surface area contributed by atoms with Gasteiger partial charge in [0.2, 0.25) is 0 Å². The summed E-state index contributed by atoms with van der Waals surface area (Å²) in [6, 6.07) is 83.0. The summed E-state index contributed by atoms with van der Waals surface area (Å²) in [5.41, 5.74) is 13.9. The molecule has 1 aliphatic rings. The SMILES string of the molecule is c1ccc(-c2ccc(-c3nc(-c4ccccc4)nc(-c4cccc(-n5c6ccc7ccccc7c6c6cccc(Cc7ccc8c(c7)N(c7ccccc7)c7ccccc7O8)c65)c4)n3)cc2)cc1. The van der Waals surface area contributed by atoms with Crippen LogP contribution in [-0.4, -0.2) is 19.5 Å². The average molecular weight is 872 g/mol. The van der Waals surface area contributed by atoms with Crippen molar-refractivity contribution in [2.75, 3.05) is 4.90 Å². The van der Waals surface area contributed by atoms with Crippen LogP contribution in [0, 0.1) is 0 Å². The molecule has 0 radical (unpaired) electrons. The fourth-order valence-corrected chi connectivity index (χ4v) is 9.88. The van der Waals surface area contributed by atoms with Crippen LogP contribution in [0.15, 0.2) is 237 Å². The number of rotatable bonds is 8. The molecule has 10 aromatic carbocycles. The summed E-state index contributed by atoms with van der Waals surface area (Å²) < 4.78 is 8.97. The number of para-hydroxylation sites is 4. The van der Waals surface area contributed by atoms with Crippen molar-refractivity contribution in [3.63, 3.8) is 0 Å². The Hall–Kier alpha value is -9.13.